The van der Waals surface area contributed by atoms with Crippen LogP contribution in [-0.2, 0) is 14.4 Å². The predicted molar refractivity (Wildman–Crippen MR) is 73.2 cm³/mol. The molecular formula is C13H25N3O3. The van der Waals surface area contributed by atoms with Gasteiger partial charge < -0.3 is 10.6 Å². The van der Waals surface area contributed by atoms with E-state index in [0.717, 1.165) is 12.8 Å². The third kappa shape index (κ3) is 7.56. The summed E-state index contributed by atoms with van der Waals surface area (Å²) in [6.07, 6.45) is 2.36. The Bertz CT molecular complexity index is 304. The van der Waals surface area contributed by atoms with E-state index < -0.39 is 0 Å². The van der Waals surface area contributed by atoms with Crippen LogP contribution >= 0.6 is 0 Å². The van der Waals surface area contributed by atoms with Gasteiger partial charge in [-0.15, -0.1) is 0 Å². The highest BCUT2D eigenvalue weighted by Crippen LogP contribution is 2.00. The van der Waals surface area contributed by atoms with Crippen molar-refractivity contribution in [3.8, 4) is 0 Å². The Morgan fingerprint density at radius 2 is 1.32 bits per heavy atom. The van der Waals surface area contributed by atoms with Crippen molar-refractivity contribution in [1.29, 1.82) is 0 Å². The minimum absolute atomic E-state index is 0.00854. The zero-order valence-electron chi connectivity index (χ0n) is 12.1. The number of carbonyl (C=O) groups is 3. The summed E-state index contributed by atoms with van der Waals surface area (Å²) < 4.78 is 0. The molecule has 0 heterocycles. The summed E-state index contributed by atoms with van der Waals surface area (Å²) in [6.45, 7) is 6.45. The van der Waals surface area contributed by atoms with Crippen LogP contribution in [0.2, 0.25) is 0 Å². The molecule has 3 amide bonds. The highest BCUT2D eigenvalue weighted by molar-refractivity contribution is 5.92. The topological polar surface area (TPSA) is 83.7 Å². The van der Waals surface area contributed by atoms with E-state index in [0.29, 0.717) is 32.6 Å². The molecule has 0 spiro atoms. The molecule has 0 atom stereocenters. The van der Waals surface area contributed by atoms with E-state index in [-0.39, 0.29) is 17.7 Å². The second-order valence-electron chi connectivity index (χ2n) is 4.55. The lowest BCUT2D eigenvalue weighted by atomic mass is 10.2. The molecular weight excluding hydrogens is 246 g/mol. The van der Waals surface area contributed by atoms with E-state index in [1.54, 1.807) is 4.90 Å². The van der Waals surface area contributed by atoms with Crippen LogP contribution in [0.25, 0.3) is 0 Å². The van der Waals surface area contributed by atoms with Gasteiger partial charge in [0.25, 0.3) is 0 Å². The Hall–Kier alpha value is -1.43. The van der Waals surface area contributed by atoms with Crippen molar-refractivity contribution in [2.45, 2.75) is 40.0 Å². The van der Waals surface area contributed by atoms with Crippen LogP contribution in [0.1, 0.15) is 40.0 Å². The van der Waals surface area contributed by atoms with Crippen molar-refractivity contribution in [1.82, 2.24) is 9.80 Å². The summed E-state index contributed by atoms with van der Waals surface area (Å²) >= 11 is 0. The summed E-state index contributed by atoms with van der Waals surface area (Å²) in [5, 5.41) is 0. The molecule has 6 heteroatoms. The maximum absolute atomic E-state index is 11.4. The minimum atomic E-state index is -0.259. The number of hydrogen-bond donors (Lipinski definition) is 1. The molecule has 110 valence electrons. The number of rotatable bonds is 8. The summed E-state index contributed by atoms with van der Waals surface area (Å²) in [5.74, 6) is -0.510. The molecule has 0 rings (SSSR count). The number of unbranched alkanes of at least 4 members (excludes halogenated alkanes) is 1. The van der Waals surface area contributed by atoms with Gasteiger partial charge in [0.1, 0.15) is 0 Å². The van der Waals surface area contributed by atoms with Crippen molar-refractivity contribution >= 4 is 17.7 Å². The van der Waals surface area contributed by atoms with Crippen molar-refractivity contribution in [2.24, 2.45) is 5.73 Å². The molecule has 0 aliphatic heterocycles. The average Bonchev–Trinajstić information content (AvgIpc) is 2.30. The fraction of sp³-hybridized carbons (Fsp3) is 0.769. The van der Waals surface area contributed by atoms with Crippen LogP contribution in [0.3, 0.4) is 0 Å². The first-order valence-corrected chi connectivity index (χ1v) is 6.64. The Morgan fingerprint density at radius 1 is 0.789 bits per heavy atom. The normalized spacial score (nSPS) is 10.1. The van der Waals surface area contributed by atoms with Gasteiger partial charge in [-0.25, -0.2) is 0 Å². The highest BCUT2D eigenvalue weighted by atomic mass is 16.2. The molecule has 0 aromatic carbocycles. The van der Waals surface area contributed by atoms with Crippen LogP contribution < -0.4 is 5.73 Å². The number of amides is 3. The maximum Gasteiger partial charge on any atom is 0.226 e. The average molecular weight is 271 g/mol. The third-order valence-electron chi connectivity index (χ3n) is 2.90. The van der Waals surface area contributed by atoms with Gasteiger partial charge in [0.2, 0.25) is 17.7 Å². The molecule has 0 radical (unpaired) electrons. The molecule has 2 N–H and O–H groups in total. The molecule has 0 aromatic rings. The lowest BCUT2D eigenvalue weighted by molar-refractivity contribution is -0.142. The van der Waals surface area contributed by atoms with Gasteiger partial charge in [0.05, 0.1) is 0 Å². The molecule has 19 heavy (non-hydrogen) atoms. The molecule has 6 nitrogen and oxygen atoms in total. The number of nitrogens with two attached hydrogens (primary N) is 1. The number of nitrogens with zero attached hydrogens (tertiary/aromatic N) is 2. The van der Waals surface area contributed by atoms with Gasteiger partial charge in [-0.3, -0.25) is 19.3 Å². The smallest absolute Gasteiger partial charge is 0.226 e. The SMILES string of the molecule is CC(=O)N(CCCCN)CCCN(C(C)=O)C(C)=O. The zero-order valence-corrected chi connectivity index (χ0v) is 12.1. The summed E-state index contributed by atoms with van der Waals surface area (Å²) in [5.41, 5.74) is 5.41. The van der Waals surface area contributed by atoms with Crippen LogP contribution in [0.15, 0.2) is 0 Å². The molecule has 0 bridgehead atoms. The Labute approximate surface area is 114 Å². The van der Waals surface area contributed by atoms with Gasteiger partial charge in [-0.1, -0.05) is 0 Å². The Balaban J connectivity index is 4.14. The van der Waals surface area contributed by atoms with Gasteiger partial charge in [-0.2, -0.15) is 0 Å². The summed E-state index contributed by atoms with van der Waals surface area (Å²) in [6, 6.07) is 0. The van der Waals surface area contributed by atoms with E-state index in [1.807, 2.05) is 0 Å². The molecule has 0 aliphatic carbocycles. The second-order valence-corrected chi connectivity index (χ2v) is 4.55. The van der Waals surface area contributed by atoms with Crippen LogP contribution in [0, 0.1) is 0 Å². The number of imide groups is 1. The van der Waals surface area contributed by atoms with Gasteiger partial charge in [-0.05, 0) is 25.8 Å². The Kier molecular flexibility index (Phi) is 8.78. The van der Waals surface area contributed by atoms with Gasteiger partial charge in [0.15, 0.2) is 0 Å². The van der Waals surface area contributed by atoms with Crippen LogP contribution in [0.5, 0.6) is 0 Å². The van der Waals surface area contributed by atoms with Crippen molar-refractivity contribution in [3.63, 3.8) is 0 Å². The third-order valence-corrected chi connectivity index (χ3v) is 2.90. The predicted octanol–water partition coefficient (Wildman–Crippen LogP) is 0.359. The first kappa shape index (κ1) is 17.6. The van der Waals surface area contributed by atoms with Gasteiger partial charge >= 0.3 is 0 Å². The summed E-state index contributed by atoms with van der Waals surface area (Å²) in [4.78, 5) is 36.8. The van der Waals surface area contributed by atoms with Crippen molar-refractivity contribution < 1.29 is 14.4 Å². The standard InChI is InChI=1S/C13H25N3O3/c1-11(17)15(8-5-4-7-14)9-6-10-16(12(2)18)13(3)19/h4-10,14H2,1-3H3. The maximum atomic E-state index is 11.4. The largest absolute Gasteiger partial charge is 0.343 e. The lowest BCUT2D eigenvalue weighted by Gasteiger charge is -2.23. The highest BCUT2D eigenvalue weighted by Gasteiger charge is 2.14. The van der Waals surface area contributed by atoms with Crippen molar-refractivity contribution in [3.05, 3.63) is 0 Å². The molecule has 0 aliphatic rings. The van der Waals surface area contributed by atoms with E-state index in [1.165, 1.54) is 25.7 Å². The van der Waals surface area contributed by atoms with Crippen LogP contribution in [-0.4, -0.2) is 53.7 Å². The number of hydrogen-bond acceptors (Lipinski definition) is 4. The van der Waals surface area contributed by atoms with Crippen LogP contribution in [0.4, 0.5) is 0 Å². The van der Waals surface area contributed by atoms with Crippen molar-refractivity contribution in [2.75, 3.05) is 26.2 Å². The molecule has 0 unspecified atom stereocenters. The second kappa shape index (κ2) is 9.49. The fourth-order valence-corrected chi connectivity index (χ4v) is 1.83. The molecule has 0 fully saturated rings. The monoisotopic (exact) mass is 271 g/mol. The lowest BCUT2D eigenvalue weighted by Crippen LogP contribution is -2.37. The Morgan fingerprint density at radius 3 is 1.74 bits per heavy atom. The quantitative estimate of drug-likeness (QED) is 0.646. The first-order chi connectivity index (χ1) is 8.90. The fourth-order valence-electron chi connectivity index (χ4n) is 1.83. The van der Waals surface area contributed by atoms with E-state index in [2.05, 4.69) is 0 Å². The van der Waals surface area contributed by atoms with E-state index >= 15 is 0 Å². The minimum Gasteiger partial charge on any atom is -0.343 e. The zero-order chi connectivity index (χ0) is 14.8. The van der Waals surface area contributed by atoms with E-state index in [4.69, 9.17) is 5.73 Å². The molecule has 0 aromatic heterocycles. The molecule has 0 saturated carbocycles. The van der Waals surface area contributed by atoms with E-state index in [9.17, 15) is 14.4 Å². The molecule has 0 saturated heterocycles. The summed E-state index contributed by atoms with van der Waals surface area (Å²) in [7, 11) is 0. The number of carbonyl (C=O) groups excluding carboxylic acids is 3. The van der Waals surface area contributed by atoms with Gasteiger partial charge in [0, 0.05) is 40.4 Å². The first-order valence-electron chi connectivity index (χ1n) is 6.64.